The Hall–Kier alpha value is -3.19. The van der Waals surface area contributed by atoms with E-state index in [0.29, 0.717) is 29.0 Å². The Balaban J connectivity index is 1.68. The molecule has 1 aliphatic heterocycles. The minimum Gasteiger partial charge on any atom is -0.376 e. The Labute approximate surface area is 176 Å². The number of para-hydroxylation sites is 1. The Morgan fingerprint density at radius 2 is 1.83 bits per heavy atom. The third kappa shape index (κ3) is 5.67. The molecule has 3 N–H and O–H groups in total. The van der Waals surface area contributed by atoms with Crippen LogP contribution in [0.15, 0.2) is 48.5 Å². The zero-order valence-electron chi connectivity index (χ0n) is 17.2. The minimum absolute atomic E-state index is 0.0412. The van der Waals surface area contributed by atoms with Crippen molar-refractivity contribution in [2.75, 3.05) is 23.8 Å². The van der Waals surface area contributed by atoms with Gasteiger partial charge in [0.05, 0.1) is 17.4 Å². The largest absolute Gasteiger partial charge is 0.376 e. The molecule has 0 bridgehead atoms. The molecule has 1 heterocycles. The van der Waals surface area contributed by atoms with Gasteiger partial charge in [-0.1, -0.05) is 32.0 Å². The summed E-state index contributed by atoms with van der Waals surface area (Å²) in [5.74, 6) is -0.919. The maximum atomic E-state index is 12.8. The van der Waals surface area contributed by atoms with Gasteiger partial charge in [-0.15, -0.1) is 0 Å². The zero-order chi connectivity index (χ0) is 21.5. The molecule has 1 unspecified atom stereocenters. The number of hydrogen-bond acceptors (Lipinski definition) is 4. The lowest BCUT2D eigenvalue weighted by Gasteiger charge is -2.14. The van der Waals surface area contributed by atoms with Crippen molar-refractivity contribution in [1.29, 1.82) is 0 Å². The number of rotatable bonds is 7. The molecule has 7 heteroatoms. The van der Waals surface area contributed by atoms with Crippen molar-refractivity contribution < 1.29 is 19.1 Å². The molecule has 1 atom stereocenters. The number of hydrogen-bond donors (Lipinski definition) is 3. The van der Waals surface area contributed by atoms with Crippen LogP contribution >= 0.6 is 0 Å². The van der Waals surface area contributed by atoms with Gasteiger partial charge >= 0.3 is 0 Å². The highest BCUT2D eigenvalue weighted by atomic mass is 16.5. The van der Waals surface area contributed by atoms with E-state index in [1.807, 2.05) is 0 Å². The molecule has 1 saturated heterocycles. The van der Waals surface area contributed by atoms with Crippen LogP contribution in [0.2, 0.25) is 0 Å². The van der Waals surface area contributed by atoms with Crippen molar-refractivity contribution in [3.05, 3.63) is 59.7 Å². The van der Waals surface area contributed by atoms with Gasteiger partial charge in [-0.05, 0) is 43.2 Å². The summed E-state index contributed by atoms with van der Waals surface area (Å²) < 4.78 is 5.53. The van der Waals surface area contributed by atoms with Gasteiger partial charge in [0.1, 0.15) is 0 Å². The Bertz CT molecular complexity index is 920. The van der Waals surface area contributed by atoms with Crippen LogP contribution in [0.5, 0.6) is 0 Å². The van der Waals surface area contributed by atoms with E-state index in [4.69, 9.17) is 4.74 Å². The van der Waals surface area contributed by atoms with Gasteiger partial charge in [-0.3, -0.25) is 14.4 Å². The van der Waals surface area contributed by atoms with Gasteiger partial charge in [0.25, 0.3) is 11.8 Å². The molecule has 2 aromatic rings. The van der Waals surface area contributed by atoms with E-state index in [0.717, 1.165) is 19.4 Å². The SMILES string of the molecule is CC(C)C(=O)Nc1cccc(C(=O)Nc2ccccc2C(=O)NCC2CCCO2)c1. The lowest BCUT2D eigenvalue weighted by Crippen LogP contribution is -2.32. The van der Waals surface area contributed by atoms with Gasteiger partial charge in [0.2, 0.25) is 5.91 Å². The van der Waals surface area contributed by atoms with Gasteiger partial charge in [0.15, 0.2) is 0 Å². The number of nitrogens with one attached hydrogen (secondary N) is 3. The predicted molar refractivity (Wildman–Crippen MR) is 116 cm³/mol. The van der Waals surface area contributed by atoms with E-state index < -0.39 is 0 Å². The standard InChI is InChI=1S/C23H27N3O4/c1-15(2)21(27)25-17-8-5-7-16(13-17)22(28)26-20-11-4-3-10-19(20)23(29)24-14-18-9-6-12-30-18/h3-5,7-8,10-11,13,15,18H,6,9,12,14H2,1-2H3,(H,24,29)(H,25,27)(H,26,28). The monoisotopic (exact) mass is 409 g/mol. The molecule has 0 spiro atoms. The van der Waals surface area contributed by atoms with Crippen LogP contribution < -0.4 is 16.0 Å². The van der Waals surface area contributed by atoms with E-state index in [1.54, 1.807) is 62.4 Å². The van der Waals surface area contributed by atoms with Crippen LogP contribution in [-0.4, -0.2) is 37.0 Å². The molecule has 3 amide bonds. The summed E-state index contributed by atoms with van der Waals surface area (Å²) in [6.07, 6.45) is 1.98. The molecule has 2 aromatic carbocycles. The highest BCUT2D eigenvalue weighted by molar-refractivity contribution is 6.09. The first-order chi connectivity index (χ1) is 14.4. The number of benzene rings is 2. The van der Waals surface area contributed by atoms with Gasteiger partial charge in [-0.25, -0.2) is 0 Å². The van der Waals surface area contributed by atoms with Crippen molar-refractivity contribution in [2.45, 2.75) is 32.8 Å². The van der Waals surface area contributed by atoms with Crippen LogP contribution in [0.1, 0.15) is 47.4 Å². The fourth-order valence-corrected chi connectivity index (χ4v) is 3.12. The van der Waals surface area contributed by atoms with Crippen molar-refractivity contribution in [2.24, 2.45) is 5.92 Å². The van der Waals surface area contributed by atoms with Crippen LogP contribution in [-0.2, 0) is 9.53 Å². The molecular formula is C23H27N3O4. The molecule has 0 radical (unpaired) electrons. The van der Waals surface area contributed by atoms with E-state index in [2.05, 4.69) is 16.0 Å². The van der Waals surface area contributed by atoms with E-state index in [1.165, 1.54) is 0 Å². The number of amides is 3. The van der Waals surface area contributed by atoms with Crippen LogP contribution in [0.3, 0.4) is 0 Å². The third-order valence-electron chi connectivity index (χ3n) is 4.85. The summed E-state index contributed by atoms with van der Waals surface area (Å²) in [6, 6.07) is 13.5. The molecule has 158 valence electrons. The second kappa shape index (κ2) is 10.0. The van der Waals surface area contributed by atoms with Gasteiger partial charge in [-0.2, -0.15) is 0 Å². The summed E-state index contributed by atoms with van der Waals surface area (Å²) >= 11 is 0. The predicted octanol–water partition coefficient (Wildman–Crippen LogP) is 3.44. The van der Waals surface area contributed by atoms with E-state index in [-0.39, 0.29) is 29.7 Å². The molecule has 0 aliphatic carbocycles. The highest BCUT2D eigenvalue weighted by Crippen LogP contribution is 2.19. The lowest BCUT2D eigenvalue weighted by atomic mass is 10.1. The fourth-order valence-electron chi connectivity index (χ4n) is 3.12. The summed E-state index contributed by atoms with van der Waals surface area (Å²) in [6.45, 7) is 4.77. The summed E-state index contributed by atoms with van der Waals surface area (Å²) in [5, 5.41) is 8.45. The van der Waals surface area contributed by atoms with Crippen LogP contribution in [0, 0.1) is 5.92 Å². The summed E-state index contributed by atoms with van der Waals surface area (Å²) in [5.41, 5.74) is 1.73. The van der Waals surface area contributed by atoms with E-state index >= 15 is 0 Å². The zero-order valence-corrected chi connectivity index (χ0v) is 17.2. The Morgan fingerprint density at radius 1 is 1.03 bits per heavy atom. The quantitative estimate of drug-likeness (QED) is 0.653. The first-order valence-corrected chi connectivity index (χ1v) is 10.1. The number of anilines is 2. The molecule has 1 aliphatic rings. The molecular weight excluding hydrogens is 382 g/mol. The molecule has 7 nitrogen and oxygen atoms in total. The number of carbonyl (C=O) groups is 3. The van der Waals surface area contributed by atoms with Gasteiger partial charge < -0.3 is 20.7 Å². The molecule has 30 heavy (non-hydrogen) atoms. The van der Waals surface area contributed by atoms with Crippen molar-refractivity contribution in [3.8, 4) is 0 Å². The maximum absolute atomic E-state index is 12.8. The average molecular weight is 409 g/mol. The summed E-state index contributed by atoms with van der Waals surface area (Å²) in [7, 11) is 0. The molecule has 0 aromatic heterocycles. The van der Waals surface area contributed by atoms with Crippen molar-refractivity contribution in [1.82, 2.24) is 5.32 Å². The molecule has 0 saturated carbocycles. The summed E-state index contributed by atoms with van der Waals surface area (Å²) in [4.78, 5) is 37.3. The molecule has 3 rings (SSSR count). The number of carbonyl (C=O) groups excluding carboxylic acids is 3. The van der Waals surface area contributed by atoms with Gasteiger partial charge in [0, 0.05) is 30.3 Å². The smallest absolute Gasteiger partial charge is 0.255 e. The second-order valence-corrected chi connectivity index (χ2v) is 7.57. The topological polar surface area (TPSA) is 96.5 Å². The van der Waals surface area contributed by atoms with Crippen molar-refractivity contribution >= 4 is 29.1 Å². The first kappa shape index (κ1) is 21.5. The fraction of sp³-hybridized carbons (Fsp3) is 0.348. The molecule has 1 fully saturated rings. The second-order valence-electron chi connectivity index (χ2n) is 7.57. The van der Waals surface area contributed by atoms with Crippen LogP contribution in [0.4, 0.5) is 11.4 Å². The Kier molecular flexibility index (Phi) is 7.19. The van der Waals surface area contributed by atoms with Crippen molar-refractivity contribution in [3.63, 3.8) is 0 Å². The maximum Gasteiger partial charge on any atom is 0.255 e. The number of ether oxygens (including phenoxy) is 1. The first-order valence-electron chi connectivity index (χ1n) is 10.1. The minimum atomic E-state index is -0.366. The lowest BCUT2D eigenvalue weighted by molar-refractivity contribution is -0.118. The van der Waals surface area contributed by atoms with E-state index in [9.17, 15) is 14.4 Å². The normalized spacial score (nSPS) is 15.6. The average Bonchev–Trinajstić information content (AvgIpc) is 3.26. The third-order valence-corrected chi connectivity index (χ3v) is 4.85. The Morgan fingerprint density at radius 3 is 2.57 bits per heavy atom. The highest BCUT2D eigenvalue weighted by Gasteiger charge is 2.19. The van der Waals surface area contributed by atoms with Crippen LogP contribution in [0.25, 0.3) is 0 Å².